The van der Waals surface area contributed by atoms with Crippen LogP contribution in [0, 0.1) is 0 Å². The molecular weight excluding hydrogens is 278 g/mol. The summed E-state index contributed by atoms with van der Waals surface area (Å²) >= 11 is 0. The summed E-state index contributed by atoms with van der Waals surface area (Å²) in [5, 5.41) is 13.5. The third kappa shape index (κ3) is 6.98. The molecule has 0 heterocycles. The Kier molecular flexibility index (Phi) is 8.22. The normalized spacial score (nSPS) is 9.61. The summed E-state index contributed by atoms with van der Waals surface area (Å²) in [5.41, 5.74) is 0. The zero-order chi connectivity index (χ0) is 12.7. The first-order valence-electron chi connectivity index (χ1n) is 4.82. The van der Waals surface area contributed by atoms with Crippen LogP contribution in [0.4, 0.5) is 0 Å². The molecule has 18 heavy (non-hydrogen) atoms. The molecule has 0 aliphatic carbocycles. The number of phenolic OH excluding ortho intramolecular Hbond substituents is 1. The maximum Gasteiger partial charge on any atom is 2.00 e. The van der Waals surface area contributed by atoms with Gasteiger partial charge in [-0.25, -0.2) is 13.6 Å². The Morgan fingerprint density at radius 3 is 1.50 bits per heavy atom. The molecule has 0 radical (unpaired) electrons. The molecular formula is C12H15CaNO3S. The van der Waals surface area contributed by atoms with Crippen molar-refractivity contribution >= 4 is 47.8 Å². The molecule has 0 aliphatic rings. The van der Waals surface area contributed by atoms with E-state index >= 15 is 0 Å². The van der Waals surface area contributed by atoms with Crippen molar-refractivity contribution in [3.05, 3.63) is 60.7 Å². The van der Waals surface area contributed by atoms with Gasteiger partial charge in [0.2, 0.25) is 10.0 Å². The number of primary sulfonamides is 1. The Morgan fingerprint density at radius 1 is 0.889 bits per heavy atom. The number of nitrogens with two attached hydrogens (primary N) is 1. The standard InChI is InChI=1S/C6H7NO2S.C6H6O.Ca.2H/c7-10(8,9)6-4-2-1-3-5-6;7-6-4-2-1-3-5-6;;;/h1-5H,(H2,7,8,9);1-5,7H;;;/q;;+2;2*-1. The molecule has 0 bridgehead atoms. The van der Waals surface area contributed by atoms with Crippen molar-refractivity contribution in [3.8, 4) is 5.75 Å². The molecule has 0 spiro atoms. The maximum atomic E-state index is 10.6. The third-order valence-corrected chi connectivity index (χ3v) is 2.76. The molecule has 2 aromatic rings. The predicted octanol–water partition coefficient (Wildman–Crippen LogP) is 1.57. The van der Waals surface area contributed by atoms with E-state index in [1.807, 2.05) is 6.07 Å². The van der Waals surface area contributed by atoms with Gasteiger partial charge in [0.15, 0.2) is 0 Å². The van der Waals surface area contributed by atoms with Crippen molar-refractivity contribution in [2.45, 2.75) is 4.90 Å². The summed E-state index contributed by atoms with van der Waals surface area (Å²) in [6, 6.07) is 16.6. The number of aromatic hydroxyl groups is 1. The molecule has 3 N–H and O–H groups in total. The van der Waals surface area contributed by atoms with Gasteiger partial charge in [0.25, 0.3) is 0 Å². The molecule has 4 nitrogen and oxygen atoms in total. The monoisotopic (exact) mass is 293 g/mol. The Hall–Kier alpha value is -0.590. The Balaban J connectivity index is -0.000000262. The summed E-state index contributed by atoms with van der Waals surface area (Å²) in [6.45, 7) is 0. The average Bonchev–Trinajstić information content (AvgIpc) is 2.31. The first kappa shape index (κ1) is 17.4. The van der Waals surface area contributed by atoms with Crippen LogP contribution in [0.1, 0.15) is 2.85 Å². The van der Waals surface area contributed by atoms with E-state index in [4.69, 9.17) is 10.2 Å². The number of hydrogen-bond donors (Lipinski definition) is 2. The Bertz CT molecular complexity index is 553. The van der Waals surface area contributed by atoms with Gasteiger partial charge in [-0.3, -0.25) is 0 Å². The van der Waals surface area contributed by atoms with Crippen LogP contribution >= 0.6 is 0 Å². The van der Waals surface area contributed by atoms with Crippen molar-refractivity contribution in [3.63, 3.8) is 0 Å². The Morgan fingerprint density at radius 2 is 1.28 bits per heavy atom. The smallest absolute Gasteiger partial charge is 1.00 e. The van der Waals surface area contributed by atoms with E-state index < -0.39 is 10.0 Å². The fourth-order valence-electron chi connectivity index (χ4n) is 1.04. The van der Waals surface area contributed by atoms with Crippen molar-refractivity contribution in [2.24, 2.45) is 5.14 Å². The van der Waals surface area contributed by atoms with Crippen molar-refractivity contribution in [1.29, 1.82) is 0 Å². The van der Waals surface area contributed by atoms with Crippen LogP contribution in [0.15, 0.2) is 65.6 Å². The average molecular weight is 293 g/mol. The van der Waals surface area contributed by atoms with Crippen LogP contribution in [-0.2, 0) is 10.0 Å². The zero-order valence-corrected chi connectivity index (χ0v) is 12.8. The van der Waals surface area contributed by atoms with Gasteiger partial charge in [-0.1, -0.05) is 36.4 Å². The van der Waals surface area contributed by atoms with E-state index in [2.05, 4.69) is 0 Å². The molecule has 0 atom stereocenters. The molecule has 0 amide bonds. The van der Waals surface area contributed by atoms with Gasteiger partial charge in [0.05, 0.1) is 4.90 Å². The molecule has 94 valence electrons. The first-order valence-corrected chi connectivity index (χ1v) is 6.36. The van der Waals surface area contributed by atoms with Crippen molar-refractivity contribution in [1.82, 2.24) is 0 Å². The van der Waals surface area contributed by atoms with Crippen LogP contribution in [0.3, 0.4) is 0 Å². The van der Waals surface area contributed by atoms with Gasteiger partial charge < -0.3 is 7.96 Å². The van der Waals surface area contributed by atoms with Gasteiger partial charge in [-0.05, 0) is 24.3 Å². The fraction of sp³-hybridized carbons (Fsp3) is 0. The second kappa shape index (κ2) is 8.50. The number of rotatable bonds is 1. The van der Waals surface area contributed by atoms with E-state index in [1.54, 1.807) is 42.5 Å². The molecule has 0 unspecified atom stereocenters. The summed E-state index contributed by atoms with van der Waals surface area (Å²) < 4.78 is 21.2. The fourth-order valence-corrected chi connectivity index (χ4v) is 1.57. The van der Waals surface area contributed by atoms with Crippen LogP contribution in [0.5, 0.6) is 5.75 Å². The number of sulfonamides is 1. The quantitative estimate of drug-likeness (QED) is 0.783. The predicted molar refractivity (Wildman–Crippen MR) is 73.9 cm³/mol. The molecule has 0 saturated carbocycles. The largest absolute Gasteiger partial charge is 2.00 e. The van der Waals surface area contributed by atoms with E-state index in [-0.39, 0.29) is 45.5 Å². The first-order chi connectivity index (χ1) is 8.00. The molecule has 6 heteroatoms. The van der Waals surface area contributed by atoms with Crippen LogP contribution in [-0.4, -0.2) is 51.3 Å². The van der Waals surface area contributed by atoms with Crippen LogP contribution in [0.25, 0.3) is 0 Å². The molecule has 2 aromatic carbocycles. The van der Waals surface area contributed by atoms with Gasteiger partial charge >= 0.3 is 37.7 Å². The number of para-hydroxylation sites is 1. The van der Waals surface area contributed by atoms with Gasteiger partial charge in [0.1, 0.15) is 5.75 Å². The third-order valence-electron chi connectivity index (χ3n) is 1.83. The SMILES string of the molecule is NS(=O)(=O)c1ccccc1.Oc1ccccc1.[Ca+2].[H-].[H-]. The van der Waals surface area contributed by atoms with E-state index in [0.717, 1.165) is 0 Å². The van der Waals surface area contributed by atoms with E-state index in [1.165, 1.54) is 12.1 Å². The maximum absolute atomic E-state index is 10.6. The summed E-state index contributed by atoms with van der Waals surface area (Å²) in [4.78, 5) is 0.148. The Labute approximate surface area is 139 Å². The van der Waals surface area contributed by atoms with E-state index in [9.17, 15) is 8.42 Å². The van der Waals surface area contributed by atoms with Crippen molar-refractivity contribution in [2.75, 3.05) is 0 Å². The number of hydrogen-bond acceptors (Lipinski definition) is 3. The van der Waals surface area contributed by atoms with Crippen LogP contribution in [0.2, 0.25) is 0 Å². The summed E-state index contributed by atoms with van der Waals surface area (Å²) in [6.07, 6.45) is 0. The minimum Gasteiger partial charge on any atom is -1.00 e. The molecule has 0 fully saturated rings. The van der Waals surface area contributed by atoms with Crippen molar-refractivity contribution < 1.29 is 16.4 Å². The second-order valence-electron chi connectivity index (χ2n) is 3.19. The minimum atomic E-state index is -3.50. The minimum absolute atomic E-state index is 0. The molecule has 0 aliphatic heterocycles. The topological polar surface area (TPSA) is 80.4 Å². The molecule has 2 rings (SSSR count). The number of benzene rings is 2. The van der Waals surface area contributed by atoms with Gasteiger partial charge in [-0.2, -0.15) is 0 Å². The van der Waals surface area contributed by atoms with Crippen LogP contribution < -0.4 is 5.14 Å². The van der Waals surface area contributed by atoms with Gasteiger partial charge in [-0.15, -0.1) is 0 Å². The number of phenols is 1. The second-order valence-corrected chi connectivity index (χ2v) is 4.76. The summed E-state index contributed by atoms with van der Waals surface area (Å²) in [5.74, 6) is 0.322. The van der Waals surface area contributed by atoms with E-state index in [0.29, 0.717) is 5.75 Å². The molecule has 0 aromatic heterocycles. The molecule has 0 saturated heterocycles. The summed E-state index contributed by atoms with van der Waals surface area (Å²) in [7, 11) is -3.50. The van der Waals surface area contributed by atoms with Gasteiger partial charge in [0, 0.05) is 0 Å². The zero-order valence-electron chi connectivity index (χ0n) is 11.7.